The predicted molar refractivity (Wildman–Crippen MR) is 77.5 cm³/mol. The molecule has 0 unspecified atom stereocenters. The molecule has 0 spiro atoms. The highest BCUT2D eigenvalue weighted by molar-refractivity contribution is 6.30. The quantitative estimate of drug-likeness (QED) is 0.397. The van der Waals surface area contributed by atoms with Crippen LogP contribution < -0.4 is 10.6 Å². The van der Waals surface area contributed by atoms with E-state index in [9.17, 15) is 9.59 Å². The summed E-state index contributed by atoms with van der Waals surface area (Å²) in [6.45, 7) is -0.0158. The van der Waals surface area contributed by atoms with Crippen LogP contribution in [0.25, 0.3) is 0 Å². The molecule has 0 atom stereocenters. The number of carboxylic acids is 1. The Morgan fingerprint density at radius 1 is 1.43 bits per heavy atom. The second-order valence-electron chi connectivity index (χ2n) is 4.08. The molecule has 0 saturated heterocycles. The predicted octanol–water partition coefficient (Wildman–Crippen LogP) is 1.08. The highest BCUT2D eigenvalue weighted by Crippen LogP contribution is 2.10. The SMILES string of the molecule is N#C/C(=C/NCCc1cccc(Cl)c1)C(=O)NCC(=O)O. The van der Waals surface area contributed by atoms with E-state index in [1.165, 1.54) is 6.20 Å². The summed E-state index contributed by atoms with van der Waals surface area (Å²) in [5, 5.41) is 22.9. The van der Waals surface area contributed by atoms with Crippen molar-refractivity contribution in [2.75, 3.05) is 13.1 Å². The second-order valence-corrected chi connectivity index (χ2v) is 4.52. The zero-order chi connectivity index (χ0) is 15.7. The van der Waals surface area contributed by atoms with Crippen LogP contribution >= 0.6 is 11.6 Å². The molecule has 1 rings (SSSR count). The van der Waals surface area contributed by atoms with E-state index in [0.717, 1.165) is 5.56 Å². The Kier molecular flexibility index (Phi) is 6.78. The smallest absolute Gasteiger partial charge is 0.322 e. The molecule has 110 valence electrons. The summed E-state index contributed by atoms with van der Waals surface area (Å²) in [6, 6.07) is 9.07. The molecule has 3 N–H and O–H groups in total. The highest BCUT2D eigenvalue weighted by Gasteiger charge is 2.09. The van der Waals surface area contributed by atoms with Crippen molar-refractivity contribution in [3.8, 4) is 6.07 Å². The molecule has 21 heavy (non-hydrogen) atoms. The fourth-order valence-electron chi connectivity index (χ4n) is 1.48. The van der Waals surface area contributed by atoms with E-state index in [0.29, 0.717) is 18.0 Å². The summed E-state index contributed by atoms with van der Waals surface area (Å²) in [5.41, 5.74) is 0.847. The molecule has 1 aromatic carbocycles. The summed E-state index contributed by atoms with van der Waals surface area (Å²) in [6.07, 6.45) is 1.94. The number of hydrogen-bond donors (Lipinski definition) is 3. The van der Waals surface area contributed by atoms with Gasteiger partial charge in [-0.2, -0.15) is 5.26 Å². The number of halogens is 1. The molecule has 1 amide bonds. The van der Waals surface area contributed by atoms with Crippen molar-refractivity contribution in [3.05, 3.63) is 46.6 Å². The van der Waals surface area contributed by atoms with E-state index >= 15 is 0 Å². The van der Waals surface area contributed by atoms with Crippen LogP contribution in [0.4, 0.5) is 0 Å². The number of aliphatic carboxylic acids is 1. The average Bonchev–Trinajstić information content (AvgIpc) is 2.45. The van der Waals surface area contributed by atoms with Crippen LogP contribution in [0.5, 0.6) is 0 Å². The fourth-order valence-corrected chi connectivity index (χ4v) is 1.70. The van der Waals surface area contributed by atoms with Gasteiger partial charge in [0.2, 0.25) is 0 Å². The third-order valence-electron chi connectivity index (χ3n) is 2.46. The van der Waals surface area contributed by atoms with Crippen molar-refractivity contribution < 1.29 is 14.7 Å². The molecule has 0 bridgehead atoms. The Balaban J connectivity index is 2.44. The minimum absolute atomic E-state index is 0.178. The van der Waals surface area contributed by atoms with Gasteiger partial charge in [-0.25, -0.2) is 0 Å². The van der Waals surface area contributed by atoms with Gasteiger partial charge in [0, 0.05) is 17.8 Å². The lowest BCUT2D eigenvalue weighted by Crippen LogP contribution is -2.30. The molecular weight excluding hydrogens is 294 g/mol. The summed E-state index contributed by atoms with van der Waals surface area (Å²) in [4.78, 5) is 21.8. The van der Waals surface area contributed by atoms with Gasteiger partial charge in [0.05, 0.1) is 0 Å². The number of carbonyl (C=O) groups is 2. The van der Waals surface area contributed by atoms with Crippen molar-refractivity contribution in [3.63, 3.8) is 0 Å². The van der Waals surface area contributed by atoms with E-state index in [4.69, 9.17) is 22.0 Å². The molecule has 0 fully saturated rings. The van der Waals surface area contributed by atoms with Gasteiger partial charge in [-0.15, -0.1) is 0 Å². The van der Waals surface area contributed by atoms with Crippen molar-refractivity contribution in [2.24, 2.45) is 0 Å². The first-order valence-electron chi connectivity index (χ1n) is 6.11. The van der Waals surface area contributed by atoms with Crippen LogP contribution in [0.3, 0.4) is 0 Å². The zero-order valence-corrected chi connectivity index (χ0v) is 11.9. The monoisotopic (exact) mass is 307 g/mol. The Hall–Kier alpha value is -2.52. The van der Waals surface area contributed by atoms with Gasteiger partial charge in [-0.3, -0.25) is 9.59 Å². The molecule has 0 aliphatic rings. The van der Waals surface area contributed by atoms with Gasteiger partial charge in [-0.05, 0) is 24.1 Å². The molecule has 0 heterocycles. The standard InChI is InChI=1S/C14H14ClN3O3/c15-12-3-1-2-10(6-12)4-5-17-8-11(7-16)14(21)18-9-13(19)20/h1-3,6,8,17H,4-5,9H2,(H,18,21)(H,19,20)/b11-8-. The molecular formula is C14H14ClN3O3. The normalized spacial score (nSPS) is 10.6. The maximum Gasteiger partial charge on any atom is 0.322 e. The third-order valence-corrected chi connectivity index (χ3v) is 2.69. The fraction of sp³-hybridized carbons (Fsp3) is 0.214. The maximum absolute atomic E-state index is 11.5. The number of rotatable bonds is 7. The van der Waals surface area contributed by atoms with E-state index < -0.39 is 18.4 Å². The van der Waals surface area contributed by atoms with Gasteiger partial charge in [0.25, 0.3) is 5.91 Å². The molecule has 0 aliphatic carbocycles. The molecule has 0 radical (unpaired) electrons. The minimum atomic E-state index is -1.17. The van der Waals surface area contributed by atoms with Crippen LogP contribution in [0.15, 0.2) is 36.0 Å². The number of benzene rings is 1. The molecule has 6 nitrogen and oxygen atoms in total. The Bertz CT molecular complexity index is 593. The summed E-state index contributed by atoms with van der Waals surface area (Å²) in [5.74, 6) is -1.90. The topological polar surface area (TPSA) is 102 Å². The van der Waals surface area contributed by atoms with Crippen molar-refractivity contribution in [1.82, 2.24) is 10.6 Å². The molecule has 0 aromatic heterocycles. The van der Waals surface area contributed by atoms with Crippen LogP contribution in [0.2, 0.25) is 5.02 Å². The first-order chi connectivity index (χ1) is 10.0. The number of carboxylic acid groups (broad SMARTS) is 1. The summed E-state index contributed by atoms with van der Waals surface area (Å²) < 4.78 is 0. The Morgan fingerprint density at radius 3 is 2.81 bits per heavy atom. The number of carbonyl (C=O) groups excluding carboxylic acids is 1. The number of amides is 1. The number of nitrogens with one attached hydrogen (secondary N) is 2. The lowest BCUT2D eigenvalue weighted by molar-refractivity contribution is -0.137. The summed E-state index contributed by atoms with van der Waals surface area (Å²) in [7, 11) is 0. The van der Waals surface area contributed by atoms with Crippen molar-refractivity contribution >= 4 is 23.5 Å². The maximum atomic E-state index is 11.5. The van der Waals surface area contributed by atoms with Gasteiger partial charge in [-0.1, -0.05) is 23.7 Å². The number of nitriles is 1. The molecule has 0 saturated carbocycles. The van der Waals surface area contributed by atoms with Gasteiger partial charge >= 0.3 is 5.97 Å². The van der Waals surface area contributed by atoms with Crippen molar-refractivity contribution in [2.45, 2.75) is 6.42 Å². The molecule has 0 aliphatic heterocycles. The van der Waals surface area contributed by atoms with Gasteiger partial charge < -0.3 is 15.7 Å². The Labute approximate surface area is 127 Å². The summed E-state index contributed by atoms with van der Waals surface area (Å²) >= 11 is 5.86. The van der Waals surface area contributed by atoms with E-state index in [2.05, 4.69) is 10.6 Å². The van der Waals surface area contributed by atoms with Crippen molar-refractivity contribution in [1.29, 1.82) is 5.26 Å². The second kappa shape index (κ2) is 8.61. The van der Waals surface area contributed by atoms with E-state index in [-0.39, 0.29) is 5.57 Å². The zero-order valence-electron chi connectivity index (χ0n) is 11.1. The minimum Gasteiger partial charge on any atom is -0.480 e. The van der Waals surface area contributed by atoms with Crippen LogP contribution in [0.1, 0.15) is 5.56 Å². The first kappa shape index (κ1) is 16.5. The lowest BCUT2D eigenvalue weighted by Gasteiger charge is -2.04. The molecule has 1 aromatic rings. The highest BCUT2D eigenvalue weighted by atomic mass is 35.5. The van der Waals surface area contributed by atoms with Crippen LogP contribution in [-0.2, 0) is 16.0 Å². The van der Waals surface area contributed by atoms with Crippen LogP contribution in [-0.4, -0.2) is 30.1 Å². The first-order valence-corrected chi connectivity index (χ1v) is 6.49. The van der Waals surface area contributed by atoms with E-state index in [1.54, 1.807) is 12.1 Å². The largest absolute Gasteiger partial charge is 0.480 e. The van der Waals surface area contributed by atoms with Crippen LogP contribution in [0, 0.1) is 11.3 Å². The molecule has 7 heteroatoms. The number of nitrogens with zero attached hydrogens (tertiary/aromatic N) is 1. The van der Waals surface area contributed by atoms with Gasteiger partial charge in [0.1, 0.15) is 18.2 Å². The number of hydrogen-bond acceptors (Lipinski definition) is 4. The average molecular weight is 308 g/mol. The van der Waals surface area contributed by atoms with Gasteiger partial charge in [0.15, 0.2) is 0 Å². The van der Waals surface area contributed by atoms with E-state index in [1.807, 2.05) is 18.2 Å². The Morgan fingerprint density at radius 2 is 2.19 bits per heavy atom. The third kappa shape index (κ3) is 6.45. The lowest BCUT2D eigenvalue weighted by atomic mass is 10.1.